The van der Waals surface area contributed by atoms with Crippen molar-refractivity contribution in [2.45, 2.75) is 52.0 Å². The molecule has 2 atom stereocenters. The molecule has 0 aliphatic carbocycles. The van der Waals surface area contributed by atoms with Crippen molar-refractivity contribution in [3.8, 4) is 0 Å². The van der Waals surface area contributed by atoms with E-state index in [0.717, 1.165) is 56.2 Å². The summed E-state index contributed by atoms with van der Waals surface area (Å²) in [5.41, 5.74) is 3.10. The molecule has 1 aromatic rings. The fourth-order valence-corrected chi connectivity index (χ4v) is 4.56. The summed E-state index contributed by atoms with van der Waals surface area (Å²) in [6, 6.07) is 0.339. The van der Waals surface area contributed by atoms with Crippen molar-refractivity contribution in [1.29, 1.82) is 0 Å². The number of hydrogen-bond acceptors (Lipinski definition) is 5. The maximum atomic E-state index is 12.8. The number of hydrogen-bond donors (Lipinski definition) is 2. The van der Waals surface area contributed by atoms with E-state index >= 15 is 0 Å². The molecule has 0 saturated carbocycles. The van der Waals surface area contributed by atoms with Gasteiger partial charge in [0.15, 0.2) is 0 Å². The second-order valence-electron chi connectivity index (χ2n) is 7.95. The molecule has 28 heavy (non-hydrogen) atoms. The van der Waals surface area contributed by atoms with Crippen LogP contribution in [-0.2, 0) is 20.7 Å². The van der Waals surface area contributed by atoms with E-state index in [-0.39, 0.29) is 18.2 Å². The van der Waals surface area contributed by atoms with Gasteiger partial charge in [-0.1, -0.05) is 0 Å². The van der Waals surface area contributed by atoms with Gasteiger partial charge in [0.25, 0.3) is 0 Å². The first-order valence-electron chi connectivity index (χ1n) is 10.3. The first-order valence-corrected chi connectivity index (χ1v) is 10.3. The average molecular weight is 393 g/mol. The van der Waals surface area contributed by atoms with Crippen LogP contribution in [0, 0.1) is 19.8 Å². The van der Waals surface area contributed by atoms with E-state index in [2.05, 4.69) is 15.1 Å². The third-order valence-electron chi connectivity index (χ3n) is 6.16. The van der Waals surface area contributed by atoms with Crippen LogP contribution in [0.25, 0.3) is 0 Å². The number of aliphatic carboxylic acids is 1. The van der Waals surface area contributed by atoms with Gasteiger partial charge >= 0.3 is 5.97 Å². The number of aryl methyl sites for hydroxylation is 2. The highest BCUT2D eigenvalue weighted by atomic mass is 16.5. The predicted octanol–water partition coefficient (Wildman–Crippen LogP) is 1.37. The maximum absolute atomic E-state index is 12.8. The molecule has 2 N–H and O–H groups in total. The minimum atomic E-state index is -0.768. The van der Waals surface area contributed by atoms with Crippen LogP contribution >= 0.6 is 0 Å². The molecule has 3 heterocycles. The van der Waals surface area contributed by atoms with Gasteiger partial charge in [0.2, 0.25) is 5.91 Å². The van der Waals surface area contributed by atoms with Crippen molar-refractivity contribution >= 4 is 11.9 Å². The van der Waals surface area contributed by atoms with E-state index < -0.39 is 5.97 Å². The normalized spacial score (nSPS) is 23.7. The predicted molar refractivity (Wildman–Crippen MR) is 104 cm³/mol. The summed E-state index contributed by atoms with van der Waals surface area (Å²) in [6.45, 7) is 8.57. The highest BCUT2D eigenvalue weighted by Crippen LogP contribution is 2.27. The molecule has 3 rings (SSSR count). The van der Waals surface area contributed by atoms with E-state index in [1.54, 1.807) is 0 Å². The third kappa shape index (κ3) is 5.11. The molecular weight excluding hydrogens is 360 g/mol. The number of ether oxygens (including phenoxy) is 1. The zero-order chi connectivity index (χ0) is 20.1. The molecule has 0 spiro atoms. The number of nitrogens with zero attached hydrogens (tertiary/aromatic N) is 3. The minimum absolute atomic E-state index is 0.153. The number of carboxylic acid groups (broad SMARTS) is 1. The lowest BCUT2D eigenvalue weighted by molar-refractivity contribution is -0.138. The van der Waals surface area contributed by atoms with Gasteiger partial charge in [0.05, 0.1) is 18.9 Å². The Morgan fingerprint density at radius 1 is 1.21 bits per heavy atom. The smallest absolute Gasteiger partial charge is 0.303 e. The van der Waals surface area contributed by atoms with E-state index in [1.807, 2.05) is 18.7 Å². The van der Waals surface area contributed by atoms with Gasteiger partial charge in [0.1, 0.15) is 0 Å². The Morgan fingerprint density at radius 2 is 1.96 bits per heavy atom. The summed E-state index contributed by atoms with van der Waals surface area (Å²) in [4.78, 5) is 28.3. The number of likely N-dealkylation sites (tertiary alicyclic amines) is 1. The van der Waals surface area contributed by atoms with Crippen molar-refractivity contribution in [3.05, 3.63) is 17.0 Å². The Bertz CT molecular complexity index is 664. The van der Waals surface area contributed by atoms with Crippen LogP contribution in [0.15, 0.2) is 0 Å². The van der Waals surface area contributed by atoms with Gasteiger partial charge in [-0.25, -0.2) is 0 Å². The molecule has 8 heteroatoms. The Hall–Kier alpha value is -1.93. The van der Waals surface area contributed by atoms with Gasteiger partial charge in [-0.15, -0.1) is 0 Å². The molecule has 0 unspecified atom stereocenters. The topological polar surface area (TPSA) is 98.8 Å². The molecule has 2 aliphatic rings. The Kier molecular flexibility index (Phi) is 7.07. The molecule has 2 aliphatic heterocycles. The summed E-state index contributed by atoms with van der Waals surface area (Å²) in [5.74, 6) is -0.417. The first kappa shape index (κ1) is 20.8. The van der Waals surface area contributed by atoms with Crippen LogP contribution in [0.1, 0.15) is 42.6 Å². The molecule has 2 fully saturated rings. The molecule has 2 saturated heterocycles. The number of carbonyl (C=O) groups is 2. The monoisotopic (exact) mass is 392 g/mol. The number of nitrogens with one attached hydrogen (secondary N) is 1. The van der Waals surface area contributed by atoms with E-state index in [0.29, 0.717) is 31.8 Å². The molecule has 8 nitrogen and oxygen atoms in total. The van der Waals surface area contributed by atoms with Gasteiger partial charge in [0, 0.05) is 50.8 Å². The number of carbonyl (C=O) groups excluding carboxylic acids is 1. The Balaban J connectivity index is 1.59. The van der Waals surface area contributed by atoms with Gasteiger partial charge in [-0.2, -0.15) is 5.10 Å². The molecule has 156 valence electrons. The molecular formula is C20H32N4O4. The molecule has 0 radical (unpaired) electrons. The quantitative estimate of drug-likeness (QED) is 0.727. The fraction of sp³-hybridized carbons (Fsp3) is 0.750. The van der Waals surface area contributed by atoms with E-state index in [9.17, 15) is 9.59 Å². The summed E-state index contributed by atoms with van der Waals surface area (Å²) >= 11 is 0. The first-order chi connectivity index (χ1) is 13.5. The van der Waals surface area contributed by atoms with Crippen LogP contribution < -0.4 is 0 Å². The third-order valence-corrected chi connectivity index (χ3v) is 6.16. The largest absolute Gasteiger partial charge is 0.481 e. The summed E-state index contributed by atoms with van der Waals surface area (Å²) in [6.07, 6.45) is 2.83. The SMILES string of the molecule is Cc1n[nH]c(C)c1CCC(=O)N1CC[C@H](N2CCOCC2)[C@H](CCC(=O)O)C1. The molecule has 0 bridgehead atoms. The van der Waals surface area contributed by atoms with E-state index in [4.69, 9.17) is 9.84 Å². The van der Waals surface area contributed by atoms with Gasteiger partial charge in [-0.3, -0.25) is 19.6 Å². The summed E-state index contributed by atoms with van der Waals surface area (Å²) < 4.78 is 5.46. The number of aromatic nitrogens is 2. The highest BCUT2D eigenvalue weighted by molar-refractivity contribution is 5.76. The van der Waals surface area contributed by atoms with Crippen LogP contribution in [0.3, 0.4) is 0 Å². The highest BCUT2D eigenvalue weighted by Gasteiger charge is 2.35. The van der Waals surface area contributed by atoms with Crippen molar-refractivity contribution in [3.63, 3.8) is 0 Å². The number of morpholine rings is 1. The van der Waals surface area contributed by atoms with Crippen molar-refractivity contribution in [2.75, 3.05) is 39.4 Å². The second kappa shape index (κ2) is 9.52. The number of carboxylic acids is 1. The van der Waals surface area contributed by atoms with Gasteiger partial charge in [-0.05, 0) is 44.6 Å². The summed E-state index contributed by atoms with van der Waals surface area (Å²) in [7, 11) is 0. The lowest BCUT2D eigenvalue weighted by Crippen LogP contribution is -2.55. The fourth-order valence-electron chi connectivity index (χ4n) is 4.56. The van der Waals surface area contributed by atoms with Crippen molar-refractivity contribution < 1.29 is 19.4 Å². The van der Waals surface area contributed by atoms with Crippen LogP contribution in [0.5, 0.6) is 0 Å². The zero-order valence-electron chi connectivity index (χ0n) is 16.9. The second-order valence-corrected chi connectivity index (χ2v) is 7.95. The number of piperidine rings is 1. The number of amides is 1. The van der Waals surface area contributed by atoms with Crippen LogP contribution in [0.4, 0.5) is 0 Å². The van der Waals surface area contributed by atoms with Gasteiger partial charge < -0.3 is 14.7 Å². The van der Waals surface area contributed by atoms with E-state index in [1.165, 1.54) is 0 Å². The lowest BCUT2D eigenvalue weighted by Gasteiger charge is -2.45. The Morgan fingerprint density at radius 3 is 2.61 bits per heavy atom. The maximum Gasteiger partial charge on any atom is 0.303 e. The Labute approximate surface area is 166 Å². The standard InChI is InChI=1S/C20H32N4O4/c1-14-17(15(2)22-21-14)4-5-19(25)24-8-7-18(23-9-11-28-12-10-23)16(13-24)3-6-20(26)27/h16,18H,3-13H2,1-2H3,(H,21,22)(H,26,27)/t16-,18+/m1/s1. The zero-order valence-corrected chi connectivity index (χ0v) is 16.9. The lowest BCUT2D eigenvalue weighted by atomic mass is 9.86. The number of rotatable bonds is 7. The number of aromatic amines is 1. The van der Waals surface area contributed by atoms with Crippen molar-refractivity contribution in [2.24, 2.45) is 5.92 Å². The summed E-state index contributed by atoms with van der Waals surface area (Å²) in [5, 5.41) is 16.3. The molecule has 1 amide bonds. The molecule has 1 aromatic heterocycles. The van der Waals surface area contributed by atoms with Crippen molar-refractivity contribution in [1.82, 2.24) is 20.0 Å². The van der Waals surface area contributed by atoms with Crippen LogP contribution in [0.2, 0.25) is 0 Å². The average Bonchev–Trinajstić information content (AvgIpc) is 3.02. The van der Waals surface area contributed by atoms with Crippen LogP contribution in [-0.4, -0.2) is 82.4 Å². The minimum Gasteiger partial charge on any atom is -0.481 e. The number of H-pyrrole nitrogens is 1. The molecule has 0 aromatic carbocycles.